The third-order valence-corrected chi connectivity index (χ3v) is 6.78. The first-order valence-corrected chi connectivity index (χ1v) is 14.5. The summed E-state index contributed by atoms with van der Waals surface area (Å²) >= 11 is 0. The van der Waals surface area contributed by atoms with Crippen LogP contribution < -0.4 is 16.0 Å². The number of benzene rings is 2. The Labute approximate surface area is 237 Å². The summed E-state index contributed by atoms with van der Waals surface area (Å²) in [6.07, 6.45) is 7.52. The molecule has 1 aromatic heterocycles. The predicted molar refractivity (Wildman–Crippen MR) is 158 cm³/mol. The van der Waals surface area contributed by atoms with Crippen molar-refractivity contribution >= 4 is 5.97 Å². The molecule has 0 spiro atoms. The van der Waals surface area contributed by atoms with Crippen molar-refractivity contribution in [3.05, 3.63) is 81.0 Å². The zero-order chi connectivity index (χ0) is 29.0. The average molecular weight is 550 g/mol. The lowest BCUT2D eigenvalue weighted by Gasteiger charge is -2.24. The van der Waals surface area contributed by atoms with Gasteiger partial charge in [-0.25, -0.2) is 14.3 Å². The Morgan fingerprint density at radius 3 is 2.33 bits per heavy atom. The maximum atomic E-state index is 13.3. The minimum absolute atomic E-state index is 0.295. The quantitative estimate of drug-likeness (QED) is 0.166. The highest BCUT2D eigenvalue weighted by Crippen LogP contribution is 2.22. The summed E-state index contributed by atoms with van der Waals surface area (Å²) in [4.78, 5) is 38.8. The topological polar surface area (TPSA) is 92.4 Å². The van der Waals surface area contributed by atoms with Gasteiger partial charge in [0.15, 0.2) is 11.3 Å². The zero-order valence-electron chi connectivity index (χ0n) is 24.4. The van der Waals surface area contributed by atoms with Crippen LogP contribution in [0.25, 0.3) is 11.3 Å². The predicted octanol–water partition coefficient (Wildman–Crippen LogP) is 5.79. The SMILES string of the molecule is CCCCCCCn1nc(-c2ccccc2)c(=O)n(CCCCc2cccc(OC(C)(C)C(=O)OCC)c2)c1=O. The van der Waals surface area contributed by atoms with E-state index in [-0.39, 0.29) is 11.2 Å². The largest absolute Gasteiger partial charge is 0.476 e. The maximum absolute atomic E-state index is 13.3. The first kappa shape index (κ1) is 30.9. The zero-order valence-corrected chi connectivity index (χ0v) is 24.4. The van der Waals surface area contributed by atoms with E-state index in [0.29, 0.717) is 43.1 Å². The number of esters is 1. The number of hydrogen-bond acceptors (Lipinski definition) is 6. The fraction of sp³-hybridized carbons (Fsp3) is 0.500. The Morgan fingerprint density at radius 1 is 0.875 bits per heavy atom. The van der Waals surface area contributed by atoms with Crippen molar-refractivity contribution in [2.75, 3.05) is 6.61 Å². The van der Waals surface area contributed by atoms with Gasteiger partial charge in [-0.05, 0) is 64.2 Å². The molecule has 0 bridgehead atoms. The van der Waals surface area contributed by atoms with Gasteiger partial charge in [0.1, 0.15) is 5.75 Å². The fourth-order valence-corrected chi connectivity index (χ4v) is 4.55. The second-order valence-corrected chi connectivity index (χ2v) is 10.5. The fourth-order valence-electron chi connectivity index (χ4n) is 4.55. The number of unbranched alkanes of at least 4 members (excludes halogenated alkanes) is 5. The molecule has 40 heavy (non-hydrogen) atoms. The van der Waals surface area contributed by atoms with Gasteiger partial charge in [-0.15, -0.1) is 0 Å². The third kappa shape index (κ3) is 8.66. The summed E-state index contributed by atoms with van der Waals surface area (Å²) in [5.41, 5.74) is 0.274. The molecule has 1 heterocycles. The van der Waals surface area contributed by atoms with Crippen LogP contribution in [0, 0.1) is 0 Å². The molecule has 3 aromatic rings. The van der Waals surface area contributed by atoms with Gasteiger partial charge in [0.05, 0.1) is 6.61 Å². The Bertz CT molecular complexity index is 1340. The summed E-state index contributed by atoms with van der Waals surface area (Å²) < 4.78 is 13.8. The van der Waals surface area contributed by atoms with E-state index in [1.807, 2.05) is 54.6 Å². The van der Waals surface area contributed by atoms with Gasteiger partial charge in [-0.2, -0.15) is 5.10 Å². The minimum atomic E-state index is -1.09. The van der Waals surface area contributed by atoms with Crippen LogP contribution in [-0.4, -0.2) is 32.5 Å². The first-order valence-electron chi connectivity index (χ1n) is 14.5. The Morgan fingerprint density at radius 2 is 1.60 bits per heavy atom. The molecular formula is C32H43N3O5. The second kappa shape index (κ2) is 15.2. The van der Waals surface area contributed by atoms with Crippen LogP contribution in [0.3, 0.4) is 0 Å². The highest BCUT2D eigenvalue weighted by Gasteiger charge is 2.31. The van der Waals surface area contributed by atoms with Crippen LogP contribution in [0.15, 0.2) is 64.2 Å². The normalized spacial score (nSPS) is 11.4. The monoisotopic (exact) mass is 549 g/mol. The van der Waals surface area contributed by atoms with Gasteiger partial charge in [0.25, 0.3) is 5.56 Å². The number of hydrogen-bond donors (Lipinski definition) is 0. The third-order valence-electron chi connectivity index (χ3n) is 6.78. The van der Waals surface area contributed by atoms with Crippen molar-refractivity contribution in [3.8, 4) is 17.0 Å². The van der Waals surface area contributed by atoms with Gasteiger partial charge in [-0.3, -0.25) is 9.36 Å². The van der Waals surface area contributed by atoms with Crippen molar-refractivity contribution in [2.45, 2.75) is 97.8 Å². The maximum Gasteiger partial charge on any atom is 0.349 e. The van der Waals surface area contributed by atoms with Gasteiger partial charge in [-0.1, -0.05) is 75.1 Å². The number of rotatable bonds is 16. The number of nitrogens with zero attached hydrogens (tertiary/aromatic N) is 3. The number of carbonyl (C=O) groups is 1. The molecule has 0 amide bonds. The average Bonchev–Trinajstić information content (AvgIpc) is 2.94. The second-order valence-electron chi connectivity index (χ2n) is 10.5. The standard InChI is InChI=1S/C32H43N3O5/c1-5-7-8-9-14-23-35-31(38)34(29(36)28(33-35)26-19-11-10-12-20-26)22-15-13-17-25-18-16-21-27(24-25)40-32(3,4)30(37)39-6-2/h10-12,16,18-21,24H,5-9,13-15,17,22-23H2,1-4H3. The smallest absolute Gasteiger partial charge is 0.349 e. The van der Waals surface area contributed by atoms with Gasteiger partial charge < -0.3 is 9.47 Å². The summed E-state index contributed by atoms with van der Waals surface area (Å²) in [6, 6.07) is 17.0. The number of ether oxygens (including phenoxy) is 2. The molecule has 2 aromatic carbocycles. The van der Waals surface area contributed by atoms with E-state index in [9.17, 15) is 14.4 Å². The molecule has 0 N–H and O–H groups in total. The molecule has 0 fully saturated rings. The summed E-state index contributed by atoms with van der Waals surface area (Å²) in [7, 11) is 0. The molecule has 0 aliphatic rings. The van der Waals surface area contributed by atoms with E-state index >= 15 is 0 Å². The molecular weight excluding hydrogens is 506 g/mol. The van der Waals surface area contributed by atoms with Gasteiger partial charge >= 0.3 is 11.7 Å². The van der Waals surface area contributed by atoms with Crippen LogP contribution in [0.4, 0.5) is 0 Å². The molecule has 8 nitrogen and oxygen atoms in total. The van der Waals surface area contributed by atoms with Crippen molar-refractivity contribution in [2.24, 2.45) is 0 Å². The first-order chi connectivity index (χ1) is 19.3. The number of aromatic nitrogens is 3. The Hall–Kier alpha value is -3.68. The summed E-state index contributed by atoms with van der Waals surface area (Å²) in [5.74, 6) is 0.180. The lowest BCUT2D eigenvalue weighted by molar-refractivity contribution is -0.158. The summed E-state index contributed by atoms with van der Waals surface area (Å²) in [5, 5.41) is 4.48. The van der Waals surface area contributed by atoms with Crippen LogP contribution in [-0.2, 0) is 29.0 Å². The van der Waals surface area contributed by atoms with Gasteiger partial charge in [0, 0.05) is 18.7 Å². The molecule has 0 unspecified atom stereocenters. The molecule has 0 saturated heterocycles. The molecule has 0 saturated carbocycles. The van der Waals surface area contributed by atoms with E-state index in [4.69, 9.17) is 9.47 Å². The van der Waals surface area contributed by atoms with E-state index in [1.54, 1.807) is 20.8 Å². The molecule has 216 valence electrons. The number of aryl methyl sites for hydroxylation is 2. The lowest BCUT2D eigenvalue weighted by atomic mass is 10.1. The van der Waals surface area contributed by atoms with Crippen LogP contribution in [0.1, 0.15) is 78.2 Å². The lowest BCUT2D eigenvalue weighted by Crippen LogP contribution is -2.42. The molecule has 0 radical (unpaired) electrons. The molecule has 0 aliphatic heterocycles. The van der Waals surface area contributed by atoms with Crippen molar-refractivity contribution < 1.29 is 14.3 Å². The number of carbonyl (C=O) groups excluding carboxylic acids is 1. The highest BCUT2D eigenvalue weighted by atomic mass is 16.6. The van der Waals surface area contributed by atoms with E-state index in [1.165, 1.54) is 15.7 Å². The molecule has 0 aliphatic carbocycles. The summed E-state index contributed by atoms with van der Waals surface area (Å²) in [6.45, 7) is 8.42. The van der Waals surface area contributed by atoms with E-state index < -0.39 is 11.6 Å². The van der Waals surface area contributed by atoms with Gasteiger partial charge in [0.2, 0.25) is 0 Å². The van der Waals surface area contributed by atoms with Crippen molar-refractivity contribution in [3.63, 3.8) is 0 Å². The Balaban J connectivity index is 1.69. The van der Waals surface area contributed by atoms with Crippen LogP contribution in [0.2, 0.25) is 0 Å². The van der Waals surface area contributed by atoms with Crippen LogP contribution >= 0.6 is 0 Å². The molecule has 3 rings (SSSR count). The molecule has 0 atom stereocenters. The highest BCUT2D eigenvalue weighted by molar-refractivity contribution is 5.79. The van der Waals surface area contributed by atoms with Crippen LogP contribution in [0.5, 0.6) is 5.75 Å². The van der Waals surface area contributed by atoms with E-state index in [2.05, 4.69) is 12.0 Å². The molecule has 8 heteroatoms. The Kier molecular flexibility index (Phi) is 11.7. The van der Waals surface area contributed by atoms with E-state index in [0.717, 1.165) is 44.1 Å². The van der Waals surface area contributed by atoms with Crippen molar-refractivity contribution in [1.29, 1.82) is 0 Å². The minimum Gasteiger partial charge on any atom is -0.476 e. The van der Waals surface area contributed by atoms with Crippen molar-refractivity contribution in [1.82, 2.24) is 14.3 Å².